The van der Waals surface area contributed by atoms with E-state index in [1.54, 1.807) is 0 Å². The molecule has 2 aliphatic carbocycles. The van der Waals surface area contributed by atoms with E-state index in [0.29, 0.717) is 6.04 Å². The van der Waals surface area contributed by atoms with Crippen LogP contribution >= 0.6 is 0 Å². The second kappa shape index (κ2) is 5.66. The second-order valence-electron chi connectivity index (χ2n) is 6.66. The van der Waals surface area contributed by atoms with Crippen molar-refractivity contribution in [2.75, 3.05) is 6.54 Å². The molecule has 3 rings (SSSR count). The van der Waals surface area contributed by atoms with Crippen molar-refractivity contribution in [2.45, 2.75) is 52.0 Å². The SMILES string of the molecule is CCc1ccc(C(C)NCC2CC3CCC2C3)cc1. The van der Waals surface area contributed by atoms with E-state index in [4.69, 9.17) is 0 Å². The smallest absolute Gasteiger partial charge is 0.0291 e. The largest absolute Gasteiger partial charge is 0.310 e. The first kappa shape index (κ1) is 13.2. The summed E-state index contributed by atoms with van der Waals surface area (Å²) in [6.45, 7) is 5.73. The molecule has 2 saturated carbocycles. The number of fused-ring (bicyclic) bond motifs is 2. The Morgan fingerprint density at radius 1 is 1.16 bits per heavy atom. The molecule has 0 aromatic heterocycles. The van der Waals surface area contributed by atoms with Crippen LogP contribution in [0.2, 0.25) is 0 Å². The Morgan fingerprint density at radius 2 is 1.95 bits per heavy atom. The van der Waals surface area contributed by atoms with Crippen molar-refractivity contribution in [3.63, 3.8) is 0 Å². The summed E-state index contributed by atoms with van der Waals surface area (Å²) < 4.78 is 0. The van der Waals surface area contributed by atoms with Gasteiger partial charge >= 0.3 is 0 Å². The highest BCUT2D eigenvalue weighted by Gasteiger charge is 2.39. The molecule has 2 fully saturated rings. The maximum absolute atomic E-state index is 3.76. The predicted molar refractivity (Wildman–Crippen MR) is 81.2 cm³/mol. The van der Waals surface area contributed by atoms with Crippen LogP contribution in [-0.2, 0) is 6.42 Å². The summed E-state index contributed by atoms with van der Waals surface area (Å²) >= 11 is 0. The van der Waals surface area contributed by atoms with Crippen LogP contribution in [-0.4, -0.2) is 6.54 Å². The quantitative estimate of drug-likeness (QED) is 0.827. The molecule has 0 aliphatic heterocycles. The van der Waals surface area contributed by atoms with Gasteiger partial charge in [-0.1, -0.05) is 37.6 Å². The summed E-state index contributed by atoms with van der Waals surface area (Å²) in [5, 5.41) is 3.76. The topological polar surface area (TPSA) is 12.0 Å². The number of nitrogens with one attached hydrogen (secondary N) is 1. The third kappa shape index (κ3) is 2.86. The van der Waals surface area contributed by atoms with Gasteiger partial charge in [0.05, 0.1) is 0 Å². The molecule has 1 nitrogen and oxygen atoms in total. The normalized spacial score (nSPS) is 30.7. The van der Waals surface area contributed by atoms with E-state index in [-0.39, 0.29) is 0 Å². The Hall–Kier alpha value is -0.820. The summed E-state index contributed by atoms with van der Waals surface area (Å²) in [4.78, 5) is 0. The fourth-order valence-electron chi connectivity index (χ4n) is 4.11. The maximum Gasteiger partial charge on any atom is 0.0291 e. The van der Waals surface area contributed by atoms with Gasteiger partial charge in [-0.15, -0.1) is 0 Å². The fraction of sp³-hybridized carbons (Fsp3) is 0.667. The van der Waals surface area contributed by atoms with Crippen LogP contribution in [0, 0.1) is 17.8 Å². The summed E-state index contributed by atoms with van der Waals surface area (Å²) in [5.74, 6) is 3.05. The molecular weight excluding hydrogens is 230 g/mol. The van der Waals surface area contributed by atoms with E-state index in [9.17, 15) is 0 Å². The summed E-state index contributed by atoms with van der Waals surface area (Å²) in [6.07, 6.45) is 7.14. The van der Waals surface area contributed by atoms with Gasteiger partial charge in [0.25, 0.3) is 0 Å². The molecule has 2 bridgehead atoms. The van der Waals surface area contributed by atoms with E-state index < -0.39 is 0 Å². The molecule has 4 atom stereocenters. The lowest BCUT2D eigenvalue weighted by molar-refractivity contribution is 0.309. The molecule has 0 saturated heterocycles. The van der Waals surface area contributed by atoms with Crippen LogP contribution in [0.3, 0.4) is 0 Å². The van der Waals surface area contributed by atoms with Crippen LogP contribution in [0.1, 0.15) is 56.7 Å². The Kier molecular flexibility index (Phi) is 3.93. The van der Waals surface area contributed by atoms with Crippen LogP contribution in [0.5, 0.6) is 0 Å². The van der Waals surface area contributed by atoms with Gasteiger partial charge in [0, 0.05) is 6.04 Å². The molecule has 0 heterocycles. The average molecular weight is 257 g/mol. The molecule has 1 aromatic rings. The first-order chi connectivity index (χ1) is 9.26. The monoisotopic (exact) mass is 257 g/mol. The lowest BCUT2D eigenvalue weighted by Crippen LogP contribution is -2.28. The Bertz CT molecular complexity index is 408. The zero-order valence-electron chi connectivity index (χ0n) is 12.4. The van der Waals surface area contributed by atoms with E-state index in [1.165, 1.54) is 43.4 Å². The summed E-state index contributed by atoms with van der Waals surface area (Å²) in [6, 6.07) is 9.61. The minimum absolute atomic E-state index is 0.491. The van der Waals surface area contributed by atoms with E-state index >= 15 is 0 Å². The second-order valence-corrected chi connectivity index (χ2v) is 6.66. The molecule has 104 valence electrons. The van der Waals surface area contributed by atoms with Gasteiger partial charge in [0.1, 0.15) is 0 Å². The number of hydrogen-bond acceptors (Lipinski definition) is 1. The van der Waals surface area contributed by atoms with E-state index in [0.717, 1.165) is 24.2 Å². The molecule has 0 amide bonds. The van der Waals surface area contributed by atoms with Gasteiger partial charge in [0.2, 0.25) is 0 Å². The van der Waals surface area contributed by atoms with Crippen LogP contribution in [0.25, 0.3) is 0 Å². The van der Waals surface area contributed by atoms with Gasteiger partial charge < -0.3 is 5.32 Å². The zero-order valence-corrected chi connectivity index (χ0v) is 12.4. The average Bonchev–Trinajstić information content (AvgIpc) is 3.07. The standard InChI is InChI=1S/C18H27N/c1-3-14-4-7-16(8-5-14)13(2)19-12-18-11-15-6-9-17(18)10-15/h4-5,7-8,13,15,17-19H,3,6,9-12H2,1-2H3. The minimum Gasteiger partial charge on any atom is -0.310 e. The minimum atomic E-state index is 0.491. The highest BCUT2D eigenvalue weighted by molar-refractivity contribution is 5.24. The molecule has 1 heteroatoms. The van der Waals surface area contributed by atoms with Crippen molar-refractivity contribution in [2.24, 2.45) is 17.8 Å². The predicted octanol–water partition coefficient (Wildman–Crippen LogP) is 4.34. The van der Waals surface area contributed by atoms with Crippen molar-refractivity contribution in [1.29, 1.82) is 0 Å². The summed E-state index contributed by atoms with van der Waals surface area (Å²) in [7, 11) is 0. The zero-order chi connectivity index (χ0) is 13.2. The van der Waals surface area contributed by atoms with Crippen LogP contribution in [0.4, 0.5) is 0 Å². The molecule has 0 spiro atoms. The third-order valence-corrected chi connectivity index (χ3v) is 5.46. The molecule has 4 unspecified atom stereocenters. The third-order valence-electron chi connectivity index (χ3n) is 5.46. The molecule has 19 heavy (non-hydrogen) atoms. The van der Waals surface area contributed by atoms with Crippen molar-refractivity contribution in [1.82, 2.24) is 5.32 Å². The number of benzene rings is 1. The van der Waals surface area contributed by atoms with Crippen LogP contribution in [0.15, 0.2) is 24.3 Å². The maximum atomic E-state index is 3.76. The first-order valence-electron chi connectivity index (χ1n) is 8.08. The highest BCUT2D eigenvalue weighted by Crippen LogP contribution is 2.48. The fourth-order valence-corrected chi connectivity index (χ4v) is 4.11. The van der Waals surface area contributed by atoms with E-state index in [2.05, 4.69) is 43.4 Å². The molecule has 2 aliphatic rings. The summed E-state index contributed by atoms with van der Waals surface area (Å²) in [5.41, 5.74) is 2.87. The molecule has 0 radical (unpaired) electrons. The van der Waals surface area contributed by atoms with Gasteiger partial charge in [-0.25, -0.2) is 0 Å². The van der Waals surface area contributed by atoms with E-state index in [1.807, 2.05) is 0 Å². The van der Waals surface area contributed by atoms with Crippen molar-refractivity contribution >= 4 is 0 Å². The highest BCUT2D eigenvalue weighted by atomic mass is 14.9. The van der Waals surface area contributed by atoms with Crippen molar-refractivity contribution in [3.05, 3.63) is 35.4 Å². The number of hydrogen-bond donors (Lipinski definition) is 1. The lowest BCUT2D eigenvalue weighted by Gasteiger charge is -2.24. The Morgan fingerprint density at radius 3 is 2.53 bits per heavy atom. The Balaban J connectivity index is 1.51. The Labute approximate surface area is 117 Å². The van der Waals surface area contributed by atoms with Gasteiger partial charge in [-0.05, 0) is 68.0 Å². The molecule has 1 aromatic carbocycles. The first-order valence-corrected chi connectivity index (χ1v) is 8.08. The van der Waals surface area contributed by atoms with Gasteiger partial charge in [-0.3, -0.25) is 0 Å². The molecule has 1 N–H and O–H groups in total. The number of rotatable bonds is 5. The lowest BCUT2D eigenvalue weighted by atomic mass is 9.88. The van der Waals surface area contributed by atoms with Crippen molar-refractivity contribution < 1.29 is 0 Å². The van der Waals surface area contributed by atoms with Crippen molar-refractivity contribution in [3.8, 4) is 0 Å². The van der Waals surface area contributed by atoms with Gasteiger partial charge in [0.15, 0.2) is 0 Å². The van der Waals surface area contributed by atoms with Gasteiger partial charge in [-0.2, -0.15) is 0 Å². The number of aryl methyl sites for hydroxylation is 1. The molecular formula is C18H27N. The van der Waals surface area contributed by atoms with Crippen LogP contribution < -0.4 is 5.32 Å².